The highest BCUT2D eigenvalue weighted by Gasteiger charge is 2.06. The van der Waals surface area contributed by atoms with Crippen LogP contribution in [0, 0.1) is 12.7 Å². The van der Waals surface area contributed by atoms with Crippen molar-refractivity contribution >= 4 is 11.6 Å². The molecule has 15 heavy (non-hydrogen) atoms. The van der Waals surface area contributed by atoms with Crippen LogP contribution in [-0.4, -0.2) is 17.6 Å². The first-order chi connectivity index (χ1) is 7.15. The van der Waals surface area contributed by atoms with Gasteiger partial charge in [0.25, 0.3) is 0 Å². The Labute approximate surface area is 87.9 Å². The highest BCUT2D eigenvalue weighted by Crippen LogP contribution is 2.17. The SMILES string of the molecule is Cc1c(F)cccc1NC(=O)CCCO. The van der Waals surface area contributed by atoms with Gasteiger partial charge in [0.1, 0.15) is 5.82 Å². The van der Waals surface area contributed by atoms with Gasteiger partial charge in [-0.25, -0.2) is 4.39 Å². The number of rotatable bonds is 4. The maximum absolute atomic E-state index is 13.1. The third-order valence-electron chi connectivity index (χ3n) is 2.10. The van der Waals surface area contributed by atoms with Crippen LogP contribution >= 0.6 is 0 Å². The van der Waals surface area contributed by atoms with Gasteiger partial charge in [0.2, 0.25) is 5.91 Å². The molecular formula is C11H14FNO2. The molecule has 3 nitrogen and oxygen atoms in total. The third-order valence-corrected chi connectivity index (χ3v) is 2.10. The summed E-state index contributed by atoms with van der Waals surface area (Å²) < 4.78 is 13.1. The number of nitrogens with one attached hydrogen (secondary N) is 1. The second kappa shape index (κ2) is 5.46. The van der Waals surface area contributed by atoms with Crippen molar-refractivity contribution in [1.29, 1.82) is 0 Å². The first kappa shape index (κ1) is 11.7. The summed E-state index contributed by atoms with van der Waals surface area (Å²) in [6.07, 6.45) is 0.659. The average Bonchev–Trinajstić information content (AvgIpc) is 2.22. The summed E-state index contributed by atoms with van der Waals surface area (Å²) in [5, 5.41) is 11.1. The lowest BCUT2D eigenvalue weighted by molar-refractivity contribution is -0.116. The molecule has 0 saturated heterocycles. The molecular weight excluding hydrogens is 197 g/mol. The molecule has 0 fully saturated rings. The Balaban J connectivity index is 2.64. The zero-order chi connectivity index (χ0) is 11.3. The summed E-state index contributed by atoms with van der Waals surface area (Å²) >= 11 is 0. The monoisotopic (exact) mass is 211 g/mol. The van der Waals surface area contributed by atoms with Crippen LogP contribution in [0.1, 0.15) is 18.4 Å². The molecule has 1 rings (SSSR count). The minimum absolute atomic E-state index is 0.0183. The van der Waals surface area contributed by atoms with E-state index in [9.17, 15) is 9.18 Å². The normalized spacial score (nSPS) is 10.1. The van der Waals surface area contributed by atoms with E-state index in [0.717, 1.165) is 0 Å². The average molecular weight is 211 g/mol. The van der Waals surface area contributed by atoms with Crippen LogP contribution in [-0.2, 0) is 4.79 Å². The van der Waals surface area contributed by atoms with Crippen molar-refractivity contribution in [3.63, 3.8) is 0 Å². The van der Waals surface area contributed by atoms with E-state index in [1.807, 2.05) is 0 Å². The topological polar surface area (TPSA) is 49.3 Å². The number of aliphatic hydroxyl groups is 1. The van der Waals surface area contributed by atoms with Crippen LogP contribution in [0.3, 0.4) is 0 Å². The number of anilines is 1. The van der Waals surface area contributed by atoms with E-state index >= 15 is 0 Å². The van der Waals surface area contributed by atoms with E-state index in [4.69, 9.17) is 5.11 Å². The summed E-state index contributed by atoms with van der Waals surface area (Å²) in [4.78, 5) is 11.3. The predicted octanol–water partition coefficient (Wildman–Crippen LogP) is 1.85. The van der Waals surface area contributed by atoms with Crippen LogP contribution in [0.4, 0.5) is 10.1 Å². The van der Waals surface area contributed by atoms with Gasteiger partial charge in [-0.1, -0.05) is 6.07 Å². The fraction of sp³-hybridized carbons (Fsp3) is 0.364. The summed E-state index contributed by atoms with van der Waals surface area (Å²) in [6, 6.07) is 4.54. The molecule has 2 N–H and O–H groups in total. The van der Waals surface area contributed by atoms with Crippen molar-refractivity contribution < 1.29 is 14.3 Å². The molecule has 0 aliphatic carbocycles. The van der Waals surface area contributed by atoms with E-state index in [0.29, 0.717) is 17.7 Å². The van der Waals surface area contributed by atoms with Gasteiger partial charge in [0.15, 0.2) is 0 Å². The lowest BCUT2D eigenvalue weighted by Gasteiger charge is -2.08. The maximum atomic E-state index is 13.1. The number of hydrogen-bond acceptors (Lipinski definition) is 2. The fourth-order valence-electron chi connectivity index (χ4n) is 1.20. The van der Waals surface area contributed by atoms with Crippen molar-refractivity contribution in [1.82, 2.24) is 0 Å². The number of aliphatic hydroxyl groups excluding tert-OH is 1. The summed E-state index contributed by atoms with van der Waals surface area (Å²) in [5.74, 6) is -0.548. The Kier molecular flexibility index (Phi) is 4.24. The zero-order valence-electron chi connectivity index (χ0n) is 8.59. The molecule has 0 spiro atoms. The number of halogens is 1. The number of amides is 1. The number of hydrogen-bond donors (Lipinski definition) is 2. The summed E-state index contributed by atoms with van der Waals surface area (Å²) in [6.45, 7) is 1.59. The molecule has 0 aliphatic rings. The summed E-state index contributed by atoms with van der Waals surface area (Å²) in [5.41, 5.74) is 0.910. The highest BCUT2D eigenvalue weighted by molar-refractivity contribution is 5.91. The van der Waals surface area contributed by atoms with Gasteiger partial charge in [-0.05, 0) is 25.5 Å². The Morgan fingerprint density at radius 3 is 2.93 bits per heavy atom. The minimum atomic E-state index is -0.338. The maximum Gasteiger partial charge on any atom is 0.224 e. The Morgan fingerprint density at radius 1 is 1.53 bits per heavy atom. The molecule has 0 unspecified atom stereocenters. The Morgan fingerprint density at radius 2 is 2.27 bits per heavy atom. The first-order valence-corrected chi connectivity index (χ1v) is 4.81. The predicted molar refractivity (Wildman–Crippen MR) is 56.1 cm³/mol. The standard InChI is InChI=1S/C11H14FNO2/c1-8-9(12)4-2-5-10(8)13-11(15)6-3-7-14/h2,4-5,14H,3,6-7H2,1H3,(H,13,15). The van der Waals surface area contributed by atoms with Crippen molar-refractivity contribution in [3.05, 3.63) is 29.6 Å². The zero-order valence-corrected chi connectivity index (χ0v) is 8.59. The number of carbonyl (C=O) groups excluding carboxylic acids is 1. The Hall–Kier alpha value is -1.42. The van der Waals surface area contributed by atoms with Crippen molar-refractivity contribution in [3.8, 4) is 0 Å². The van der Waals surface area contributed by atoms with E-state index in [2.05, 4.69) is 5.32 Å². The van der Waals surface area contributed by atoms with Gasteiger partial charge < -0.3 is 10.4 Å². The third kappa shape index (κ3) is 3.32. The van der Waals surface area contributed by atoms with E-state index in [1.165, 1.54) is 6.07 Å². The van der Waals surface area contributed by atoms with Gasteiger partial charge >= 0.3 is 0 Å². The van der Waals surface area contributed by atoms with Crippen LogP contribution in [0.15, 0.2) is 18.2 Å². The molecule has 1 aromatic carbocycles. The van der Waals surface area contributed by atoms with Crippen LogP contribution in [0.2, 0.25) is 0 Å². The second-order valence-electron chi connectivity index (χ2n) is 3.29. The molecule has 1 amide bonds. The number of benzene rings is 1. The van der Waals surface area contributed by atoms with Crippen molar-refractivity contribution in [2.24, 2.45) is 0 Å². The quantitative estimate of drug-likeness (QED) is 0.798. The van der Waals surface area contributed by atoms with Crippen molar-refractivity contribution in [2.75, 3.05) is 11.9 Å². The molecule has 82 valence electrons. The lowest BCUT2D eigenvalue weighted by Crippen LogP contribution is -2.13. The van der Waals surface area contributed by atoms with Gasteiger partial charge in [0, 0.05) is 24.3 Å². The van der Waals surface area contributed by atoms with E-state index < -0.39 is 0 Å². The van der Waals surface area contributed by atoms with Gasteiger partial charge in [-0.3, -0.25) is 4.79 Å². The van der Waals surface area contributed by atoms with Crippen LogP contribution < -0.4 is 5.32 Å². The van der Waals surface area contributed by atoms with Gasteiger partial charge in [-0.15, -0.1) is 0 Å². The van der Waals surface area contributed by atoms with Crippen molar-refractivity contribution in [2.45, 2.75) is 19.8 Å². The molecule has 0 aromatic heterocycles. The van der Waals surface area contributed by atoms with Crippen LogP contribution in [0.5, 0.6) is 0 Å². The molecule has 0 heterocycles. The Bertz CT molecular complexity index is 352. The molecule has 0 atom stereocenters. The molecule has 4 heteroatoms. The summed E-state index contributed by atoms with van der Waals surface area (Å²) in [7, 11) is 0. The first-order valence-electron chi connectivity index (χ1n) is 4.81. The molecule has 0 radical (unpaired) electrons. The highest BCUT2D eigenvalue weighted by atomic mass is 19.1. The van der Waals surface area contributed by atoms with E-state index in [-0.39, 0.29) is 24.8 Å². The number of carbonyl (C=O) groups is 1. The molecule has 0 aliphatic heterocycles. The second-order valence-corrected chi connectivity index (χ2v) is 3.29. The smallest absolute Gasteiger partial charge is 0.224 e. The largest absolute Gasteiger partial charge is 0.396 e. The van der Waals surface area contributed by atoms with E-state index in [1.54, 1.807) is 19.1 Å². The molecule has 0 bridgehead atoms. The molecule has 0 saturated carbocycles. The van der Waals surface area contributed by atoms with Gasteiger partial charge in [0.05, 0.1) is 0 Å². The van der Waals surface area contributed by atoms with Crippen LogP contribution in [0.25, 0.3) is 0 Å². The van der Waals surface area contributed by atoms with Gasteiger partial charge in [-0.2, -0.15) is 0 Å². The minimum Gasteiger partial charge on any atom is -0.396 e. The fourth-order valence-corrected chi connectivity index (χ4v) is 1.20. The molecule has 1 aromatic rings. The lowest BCUT2D eigenvalue weighted by atomic mass is 10.2.